The fourth-order valence-corrected chi connectivity index (χ4v) is 3.38. The van der Waals surface area contributed by atoms with E-state index in [0.29, 0.717) is 23.9 Å². The molecule has 0 bridgehead atoms. The minimum Gasteiger partial charge on any atom is -0.479 e. The lowest BCUT2D eigenvalue weighted by Gasteiger charge is -2.41. The van der Waals surface area contributed by atoms with E-state index in [1.165, 1.54) is 24.3 Å². The third-order valence-electron chi connectivity index (χ3n) is 4.74. The van der Waals surface area contributed by atoms with Crippen molar-refractivity contribution in [3.8, 4) is 0 Å². The van der Waals surface area contributed by atoms with Crippen LogP contribution in [0.4, 0.5) is 4.39 Å². The van der Waals surface area contributed by atoms with E-state index >= 15 is 0 Å². The zero-order chi connectivity index (χ0) is 16.6. The molecule has 1 heterocycles. The van der Waals surface area contributed by atoms with Gasteiger partial charge in [0.25, 0.3) is 5.91 Å². The van der Waals surface area contributed by atoms with Crippen molar-refractivity contribution < 1.29 is 19.1 Å². The van der Waals surface area contributed by atoms with Gasteiger partial charge in [-0.05, 0) is 25.0 Å². The Bertz CT molecular complexity index is 765. The van der Waals surface area contributed by atoms with Gasteiger partial charge in [0.2, 0.25) is 0 Å². The SMILES string of the molecule is CN(C(=O)c1cc(F)cc2[nH]cnc12)C1(C(=O)O)CCCCC1. The summed E-state index contributed by atoms with van der Waals surface area (Å²) < 4.78 is 13.8. The third-order valence-corrected chi connectivity index (χ3v) is 4.74. The zero-order valence-corrected chi connectivity index (χ0v) is 12.8. The maximum absolute atomic E-state index is 13.8. The van der Waals surface area contributed by atoms with E-state index in [4.69, 9.17) is 0 Å². The molecule has 1 saturated carbocycles. The highest BCUT2D eigenvalue weighted by Crippen LogP contribution is 2.34. The molecule has 1 aliphatic rings. The van der Waals surface area contributed by atoms with E-state index in [-0.39, 0.29) is 5.56 Å². The first-order chi connectivity index (χ1) is 11.0. The highest BCUT2D eigenvalue weighted by molar-refractivity contribution is 6.06. The van der Waals surface area contributed by atoms with Crippen LogP contribution in [0.15, 0.2) is 18.5 Å². The van der Waals surface area contributed by atoms with Crippen LogP contribution < -0.4 is 0 Å². The minimum atomic E-state index is -1.23. The van der Waals surface area contributed by atoms with E-state index in [9.17, 15) is 19.1 Å². The van der Waals surface area contributed by atoms with Crippen molar-refractivity contribution in [2.24, 2.45) is 0 Å². The van der Waals surface area contributed by atoms with Crippen molar-refractivity contribution >= 4 is 22.9 Å². The first-order valence-electron chi connectivity index (χ1n) is 7.60. The van der Waals surface area contributed by atoms with E-state index in [0.717, 1.165) is 25.3 Å². The Hall–Kier alpha value is -2.44. The zero-order valence-electron chi connectivity index (χ0n) is 12.8. The van der Waals surface area contributed by atoms with E-state index in [2.05, 4.69) is 9.97 Å². The number of fused-ring (bicyclic) bond motifs is 1. The topological polar surface area (TPSA) is 86.3 Å². The number of aromatic amines is 1. The number of aliphatic carboxylic acids is 1. The average Bonchev–Trinajstić information content (AvgIpc) is 3.01. The molecule has 1 amide bonds. The maximum atomic E-state index is 13.8. The number of aromatic nitrogens is 2. The fourth-order valence-electron chi connectivity index (χ4n) is 3.38. The van der Waals surface area contributed by atoms with Gasteiger partial charge in [-0.15, -0.1) is 0 Å². The molecule has 7 heteroatoms. The number of hydrogen-bond acceptors (Lipinski definition) is 3. The fraction of sp³-hybridized carbons (Fsp3) is 0.438. The lowest BCUT2D eigenvalue weighted by atomic mass is 9.80. The smallest absolute Gasteiger partial charge is 0.329 e. The van der Waals surface area contributed by atoms with Crippen LogP contribution in [0.1, 0.15) is 42.5 Å². The largest absolute Gasteiger partial charge is 0.479 e. The summed E-state index contributed by atoms with van der Waals surface area (Å²) in [5.74, 6) is -2.10. The molecule has 1 aliphatic carbocycles. The second-order valence-electron chi connectivity index (χ2n) is 6.01. The Morgan fingerprint density at radius 1 is 1.30 bits per heavy atom. The second-order valence-corrected chi connectivity index (χ2v) is 6.01. The normalized spacial score (nSPS) is 17.1. The number of carbonyl (C=O) groups excluding carboxylic acids is 1. The summed E-state index contributed by atoms with van der Waals surface area (Å²) >= 11 is 0. The number of carboxylic acids is 1. The van der Waals surface area contributed by atoms with Gasteiger partial charge in [-0.2, -0.15) is 0 Å². The molecule has 0 aliphatic heterocycles. The van der Waals surface area contributed by atoms with Gasteiger partial charge < -0.3 is 15.0 Å². The van der Waals surface area contributed by atoms with Gasteiger partial charge in [-0.3, -0.25) is 4.79 Å². The van der Waals surface area contributed by atoms with Crippen molar-refractivity contribution in [3.05, 3.63) is 29.8 Å². The molecule has 0 unspecified atom stereocenters. The van der Waals surface area contributed by atoms with Crippen LogP contribution in [0.2, 0.25) is 0 Å². The van der Waals surface area contributed by atoms with Gasteiger partial charge >= 0.3 is 5.97 Å². The van der Waals surface area contributed by atoms with Crippen LogP contribution in [0.5, 0.6) is 0 Å². The molecule has 0 saturated heterocycles. The molecule has 6 nitrogen and oxygen atoms in total. The molecule has 1 aromatic carbocycles. The molecule has 122 valence electrons. The number of carbonyl (C=O) groups is 2. The molecule has 0 spiro atoms. The highest BCUT2D eigenvalue weighted by Gasteiger charge is 2.46. The molecule has 23 heavy (non-hydrogen) atoms. The van der Waals surface area contributed by atoms with Crippen LogP contribution in [0.25, 0.3) is 11.0 Å². The van der Waals surface area contributed by atoms with Gasteiger partial charge in [-0.1, -0.05) is 19.3 Å². The minimum absolute atomic E-state index is 0.0787. The Morgan fingerprint density at radius 3 is 2.65 bits per heavy atom. The Labute approximate surface area is 132 Å². The summed E-state index contributed by atoms with van der Waals surface area (Å²) in [6.45, 7) is 0. The van der Waals surface area contributed by atoms with Gasteiger partial charge in [-0.25, -0.2) is 14.2 Å². The predicted molar refractivity (Wildman–Crippen MR) is 81.6 cm³/mol. The first kappa shape index (κ1) is 15.5. The average molecular weight is 319 g/mol. The van der Waals surface area contributed by atoms with Crippen LogP contribution in [0, 0.1) is 5.82 Å². The van der Waals surface area contributed by atoms with Crippen LogP contribution in [-0.2, 0) is 4.79 Å². The number of H-pyrrole nitrogens is 1. The maximum Gasteiger partial charge on any atom is 0.329 e. The number of amides is 1. The number of imidazole rings is 1. The molecular formula is C16H18FN3O3. The summed E-state index contributed by atoms with van der Waals surface area (Å²) in [7, 11) is 1.48. The summed E-state index contributed by atoms with van der Waals surface area (Å²) in [6.07, 6.45) is 4.66. The molecule has 0 radical (unpaired) electrons. The summed E-state index contributed by atoms with van der Waals surface area (Å²) in [5, 5.41) is 9.69. The first-order valence-corrected chi connectivity index (χ1v) is 7.60. The molecule has 1 fully saturated rings. The van der Waals surface area contributed by atoms with Gasteiger partial charge in [0.1, 0.15) is 16.9 Å². The van der Waals surface area contributed by atoms with Crippen molar-refractivity contribution in [2.75, 3.05) is 7.05 Å². The lowest BCUT2D eigenvalue weighted by molar-refractivity contribution is -0.151. The number of rotatable bonds is 3. The number of benzene rings is 1. The molecular weight excluding hydrogens is 301 g/mol. The van der Waals surface area contributed by atoms with Crippen molar-refractivity contribution in [3.63, 3.8) is 0 Å². The summed E-state index contributed by atoms with van der Waals surface area (Å²) in [4.78, 5) is 32.8. The molecule has 2 aromatic rings. The van der Waals surface area contributed by atoms with E-state index in [1.807, 2.05) is 0 Å². The number of likely N-dealkylation sites (N-methyl/N-ethyl adjacent to an activating group) is 1. The third kappa shape index (κ3) is 2.46. The summed E-state index contributed by atoms with van der Waals surface area (Å²) in [5.41, 5.74) is -0.395. The number of carboxylic acid groups (broad SMARTS) is 1. The Kier molecular flexibility index (Phi) is 3.79. The van der Waals surface area contributed by atoms with Crippen LogP contribution in [-0.4, -0.2) is 44.4 Å². The molecule has 1 aromatic heterocycles. The number of halogens is 1. The van der Waals surface area contributed by atoms with Crippen molar-refractivity contribution in [1.29, 1.82) is 0 Å². The second kappa shape index (κ2) is 5.64. The van der Waals surface area contributed by atoms with Crippen molar-refractivity contribution in [2.45, 2.75) is 37.6 Å². The van der Waals surface area contributed by atoms with Gasteiger partial charge in [0, 0.05) is 7.05 Å². The number of nitrogens with one attached hydrogen (secondary N) is 1. The quantitative estimate of drug-likeness (QED) is 0.910. The number of hydrogen-bond donors (Lipinski definition) is 2. The van der Waals surface area contributed by atoms with E-state index in [1.54, 1.807) is 0 Å². The highest BCUT2D eigenvalue weighted by atomic mass is 19.1. The van der Waals surface area contributed by atoms with Crippen LogP contribution in [0.3, 0.4) is 0 Å². The molecule has 0 atom stereocenters. The monoisotopic (exact) mass is 319 g/mol. The van der Waals surface area contributed by atoms with Gasteiger partial charge in [0.15, 0.2) is 0 Å². The Balaban J connectivity index is 2.03. The van der Waals surface area contributed by atoms with Gasteiger partial charge in [0.05, 0.1) is 17.4 Å². The lowest BCUT2D eigenvalue weighted by Crippen LogP contribution is -2.56. The Morgan fingerprint density at radius 2 is 2.00 bits per heavy atom. The van der Waals surface area contributed by atoms with Crippen molar-refractivity contribution in [1.82, 2.24) is 14.9 Å². The summed E-state index contributed by atoms with van der Waals surface area (Å²) in [6, 6.07) is 2.37. The molecule has 2 N–H and O–H groups in total. The standard InChI is InChI=1S/C16H18FN3O3/c1-20(16(15(22)23)5-3-2-4-6-16)14(21)11-7-10(17)8-12-13(11)19-9-18-12/h7-9H,2-6H2,1H3,(H,18,19)(H,22,23). The molecule has 3 rings (SSSR count). The van der Waals surface area contributed by atoms with E-state index < -0.39 is 23.2 Å². The predicted octanol–water partition coefficient (Wildman–Crippen LogP) is 2.56. The van der Waals surface area contributed by atoms with Crippen LogP contribution >= 0.6 is 0 Å². The number of nitrogens with zero attached hydrogens (tertiary/aromatic N) is 2.